The van der Waals surface area contributed by atoms with Crippen molar-refractivity contribution < 1.29 is 13.9 Å². The van der Waals surface area contributed by atoms with E-state index in [1.54, 1.807) is 30.5 Å². The van der Waals surface area contributed by atoms with Crippen LogP contribution in [0.4, 0.5) is 4.39 Å². The maximum atomic E-state index is 13.7. The molecule has 1 aromatic carbocycles. The van der Waals surface area contributed by atoms with Crippen LogP contribution in [-0.4, -0.2) is 29.2 Å². The number of benzene rings is 1. The fraction of sp³-hybridized carbons (Fsp3) is 0.333. The zero-order valence-corrected chi connectivity index (χ0v) is 11.2. The van der Waals surface area contributed by atoms with Crippen molar-refractivity contribution in [3.63, 3.8) is 0 Å². The van der Waals surface area contributed by atoms with E-state index in [4.69, 9.17) is 10.2 Å². The molecule has 2 aromatic rings. The molecule has 1 atom stereocenters. The standard InChI is InChI=1S/C15H19FN2O2/c16-15-6-2-1-4-12(15)9-18(10-13(19)8-17)11-14-5-3-7-20-14/h1-7,13,19H,8-11,17H2. The molecular weight excluding hydrogens is 259 g/mol. The molecule has 0 saturated heterocycles. The van der Waals surface area contributed by atoms with Gasteiger partial charge in [0.15, 0.2) is 0 Å². The Kier molecular flexibility index (Phi) is 5.29. The summed E-state index contributed by atoms with van der Waals surface area (Å²) in [6.45, 7) is 1.43. The largest absolute Gasteiger partial charge is 0.468 e. The van der Waals surface area contributed by atoms with Crippen LogP contribution in [0.3, 0.4) is 0 Å². The van der Waals surface area contributed by atoms with Gasteiger partial charge in [-0.1, -0.05) is 18.2 Å². The van der Waals surface area contributed by atoms with Gasteiger partial charge in [-0.25, -0.2) is 4.39 Å². The summed E-state index contributed by atoms with van der Waals surface area (Å²) in [5.74, 6) is 0.518. The zero-order valence-electron chi connectivity index (χ0n) is 11.2. The van der Waals surface area contributed by atoms with E-state index in [1.807, 2.05) is 11.0 Å². The molecule has 1 heterocycles. The average Bonchev–Trinajstić information content (AvgIpc) is 2.94. The third-order valence-electron chi connectivity index (χ3n) is 3.05. The molecule has 0 amide bonds. The second-order valence-corrected chi connectivity index (χ2v) is 4.73. The highest BCUT2D eigenvalue weighted by Gasteiger charge is 2.14. The number of furan rings is 1. The van der Waals surface area contributed by atoms with Crippen LogP contribution >= 0.6 is 0 Å². The van der Waals surface area contributed by atoms with Gasteiger partial charge in [0.1, 0.15) is 11.6 Å². The Bertz CT molecular complexity index is 516. The molecule has 0 aliphatic heterocycles. The van der Waals surface area contributed by atoms with Gasteiger partial charge in [-0.15, -0.1) is 0 Å². The first-order valence-electron chi connectivity index (χ1n) is 6.55. The monoisotopic (exact) mass is 278 g/mol. The van der Waals surface area contributed by atoms with Crippen molar-refractivity contribution in [3.05, 3.63) is 59.8 Å². The first kappa shape index (κ1) is 14.7. The number of aliphatic hydroxyl groups excluding tert-OH is 1. The summed E-state index contributed by atoms with van der Waals surface area (Å²) >= 11 is 0. The molecule has 1 aromatic heterocycles. The van der Waals surface area contributed by atoms with Gasteiger partial charge in [0, 0.05) is 25.2 Å². The molecule has 1 unspecified atom stereocenters. The second kappa shape index (κ2) is 7.19. The number of hydrogen-bond acceptors (Lipinski definition) is 4. The highest BCUT2D eigenvalue weighted by atomic mass is 19.1. The minimum atomic E-state index is -0.642. The number of rotatable bonds is 7. The summed E-state index contributed by atoms with van der Waals surface area (Å²) < 4.78 is 19.0. The molecule has 20 heavy (non-hydrogen) atoms. The zero-order chi connectivity index (χ0) is 14.4. The van der Waals surface area contributed by atoms with Crippen LogP contribution in [-0.2, 0) is 13.1 Å². The van der Waals surface area contributed by atoms with Gasteiger partial charge in [0.2, 0.25) is 0 Å². The molecule has 0 spiro atoms. The van der Waals surface area contributed by atoms with Crippen LogP contribution in [0.2, 0.25) is 0 Å². The molecule has 0 aliphatic carbocycles. The van der Waals surface area contributed by atoms with Crippen molar-refractivity contribution in [2.75, 3.05) is 13.1 Å². The minimum absolute atomic E-state index is 0.173. The van der Waals surface area contributed by atoms with Crippen LogP contribution in [0.25, 0.3) is 0 Å². The van der Waals surface area contributed by atoms with Crippen molar-refractivity contribution in [1.82, 2.24) is 4.90 Å². The Hall–Kier alpha value is -1.69. The third kappa shape index (κ3) is 4.16. The SMILES string of the molecule is NCC(O)CN(Cc1ccco1)Cc1ccccc1F. The van der Waals surface area contributed by atoms with E-state index in [-0.39, 0.29) is 12.4 Å². The lowest BCUT2D eigenvalue weighted by Crippen LogP contribution is -2.36. The predicted octanol–water partition coefficient (Wildman–Crippen LogP) is 1.74. The molecule has 5 heteroatoms. The number of nitrogens with two attached hydrogens (primary N) is 1. The van der Waals surface area contributed by atoms with Crippen molar-refractivity contribution in [2.24, 2.45) is 5.73 Å². The summed E-state index contributed by atoms with van der Waals surface area (Å²) in [6.07, 6.45) is 0.951. The Balaban J connectivity index is 2.07. The van der Waals surface area contributed by atoms with Crippen LogP contribution in [0.5, 0.6) is 0 Å². The molecule has 0 radical (unpaired) electrons. The number of aliphatic hydroxyl groups is 1. The number of halogens is 1. The van der Waals surface area contributed by atoms with E-state index in [9.17, 15) is 9.50 Å². The van der Waals surface area contributed by atoms with E-state index in [2.05, 4.69) is 0 Å². The smallest absolute Gasteiger partial charge is 0.127 e. The first-order valence-corrected chi connectivity index (χ1v) is 6.55. The topological polar surface area (TPSA) is 62.6 Å². The van der Waals surface area contributed by atoms with Gasteiger partial charge >= 0.3 is 0 Å². The minimum Gasteiger partial charge on any atom is -0.468 e. The highest BCUT2D eigenvalue weighted by Crippen LogP contribution is 2.13. The van der Waals surface area contributed by atoms with E-state index in [0.29, 0.717) is 25.2 Å². The summed E-state index contributed by atoms with van der Waals surface area (Å²) in [6, 6.07) is 10.3. The molecule has 0 aliphatic rings. The van der Waals surface area contributed by atoms with Gasteiger partial charge < -0.3 is 15.3 Å². The molecule has 0 fully saturated rings. The lowest BCUT2D eigenvalue weighted by Gasteiger charge is -2.24. The molecule has 3 N–H and O–H groups in total. The molecule has 0 bridgehead atoms. The summed E-state index contributed by atoms with van der Waals surface area (Å²) in [4.78, 5) is 1.91. The van der Waals surface area contributed by atoms with Crippen LogP contribution in [0.15, 0.2) is 47.1 Å². The number of hydrogen-bond donors (Lipinski definition) is 2. The molecule has 4 nitrogen and oxygen atoms in total. The van der Waals surface area contributed by atoms with E-state index in [1.165, 1.54) is 6.07 Å². The Morgan fingerprint density at radius 1 is 1.20 bits per heavy atom. The van der Waals surface area contributed by atoms with Crippen molar-refractivity contribution in [3.8, 4) is 0 Å². The van der Waals surface area contributed by atoms with Crippen LogP contribution in [0, 0.1) is 5.82 Å². The maximum absolute atomic E-state index is 13.7. The van der Waals surface area contributed by atoms with E-state index >= 15 is 0 Å². The normalized spacial score (nSPS) is 12.8. The summed E-state index contributed by atoms with van der Waals surface area (Å²) in [5.41, 5.74) is 6.03. The van der Waals surface area contributed by atoms with Gasteiger partial charge in [0.05, 0.1) is 18.9 Å². The van der Waals surface area contributed by atoms with Crippen molar-refractivity contribution in [2.45, 2.75) is 19.2 Å². The molecular formula is C15H19FN2O2. The lowest BCUT2D eigenvalue weighted by molar-refractivity contribution is 0.105. The maximum Gasteiger partial charge on any atom is 0.127 e. The predicted molar refractivity (Wildman–Crippen MR) is 74.3 cm³/mol. The fourth-order valence-corrected chi connectivity index (χ4v) is 2.05. The van der Waals surface area contributed by atoms with Crippen molar-refractivity contribution >= 4 is 0 Å². The molecule has 0 saturated carbocycles. The van der Waals surface area contributed by atoms with Gasteiger partial charge in [-0.05, 0) is 18.2 Å². The quantitative estimate of drug-likeness (QED) is 0.810. The lowest BCUT2D eigenvalue weighted by atomic mass is 10.2. The first-order chi connectivity index (χ1) is 9.69. The van der Waals surface area contributed by atoms with Crippen LogP contribution < -0.4 is 5.73 Å². The average molecular weight is 278 g/mol. The van der Waals surface area contributed by atoms with Crippen molar-refractivity contribution in [1.29, 1.82) is 0 Å². The van der Waals surface area contributed by atoms with Gasteiger partial charge in [-0.2, -0.15) is 0 Å². The highest BCUT2D eigenvalue weighted by molar-refractivity contribution is 5.17. The van der Waals surface area contributed by atoms with Gasteiger partial charge in [-0.3, -0.25) is 4.90 Å². The second-order valence-electron chi connectivity index (χ2n) is 4.73. The van der Waals surface area contributed by atoms with Gasteiger partial charge in [0.25, 0.3) is 0 Å². The Labute approximate surface area is 117 Å². The Morgan fingerprint density at radius 3 is 2.65 bits per heavy atom. The van der Waals surface area contributed by atoms with Crippen LogP contribution in [0.1, 0.15) is 11.3 Å². The molecule has 2 rings (SSSR count). The van der Waals surface area contributed by atoms with E-state index < -0.39 is 6.10 Å². The van der Waals surface area contributed by atoms with E-state index in [0.717, 1.165) is 5.76 Å². The third-order valence-corrected chi connectivity index (χ3v) is 3.05. The Morgan fingerprint density at radius 2 is 2.00 bits per heavy atom. The summed E-state index contributed by atoms with van der Waals surface area (Å²) in [5, 5.41) is 9.71. The molecule has 108 valence electrons. The summed E-state index contributed by atoms with van der Waals surface area (Å²) in [7, 11) is 0. The fourth-order valence-electron chi connectivity index (χ4n) is 2.05. The number of nitrogens with zero attached hydrogens (tertiary/aromatic N) is 1.